The van der Waals surface area contributed by atoms with E-state index in [9.17, 15) is 9.90 Å². The SMILES string of the molecule is Cc1nc2cc(C(CC(=O)O)Cc3nc(CCCc4ccc5c(n4)NCCCO5)no3)ccc2s1. The topological polar surface area (TPSA) is 123 Å². The zero-order chi connectivity index (χ0) is 24.2. The highest BCUT2D eigenvalue weighted by Crippen LogP contribution is 2.30. The van der Waals surface area contributed by atoms with Gasteiger partial charge in [0.15, 0.2) is 17.4 Å². The average Bonchev–Trinajstić information content (AvgIpc) is 3.35. The molecule has 1 aliphatic heterocycles. The van der Waals surface area contributed by atoms with E-state index in [4.69, 9.17) is 9.26 Å². The molecule has 4 aromatic rings. The molecule has 0 aliphatic carbocycles. The van der Waals surface area contributed by atoms with Crippen LogP contribution in [0.2, 0.25) is 0 Å². The molecule has 0 saturated heterocycles. The number of carboxylic acid groups (broad SMARTS) is 1. The molecule has 9 nitrogen and oxygen atoms in total. The van der Waals surface area contributed by atoms with Crippen molar-refractivity contribution in [1.29, 1.82) is 0 Å². The molecule has 0 fully saturated rings. The van der Waals surface area contributed by atoms with Crippen LogP contribution in [0.4, 0.5) is 5.82 Å². The van der Waals surface area contributed by atoms with Crippen molar-refractivity contribution in [1.82, 2.24) is 20.1 Å². The zero-order valence-corrected chi connectivity index (χ0v) is 20.3. The molecule has 2 N–H and O–H groups in total. The van der Waals surface area contributed by atoms with Gasteiger partial charge in [0.1, 0.15) is 0 Å². The number of carboxylic acids is 1. The van der Waals surface area contributed by atoms with Crippen LogP contribution in [-0.4, -0.2) is 44.3 Å². The predicted molar refractivity (Wildman–Crippen MR) is 132 cm³/mol. The van der Waals surface area contributed by atoms with Gasteiger partial charge < -0.3 is 19.7 Å². The lowest BCUT2D eigenvalue weighted by atomic mass is 9.92. The Balaban J connectivity index is 1.21. The van der Waals surface area contributed by atoms with Gasteiger partial charge in [-0.25, -0.2) is 9.97 Å². The largest absolute Gasteiger partial charge is 0.490 e. The molecule has 0 saturated carbocycles. The molecule has 3 aromatic heterocycles. The van der Waals surface area contributed by atoms with Crippen molar-refractivity contribution in [2.45, 2.75) is 51.4 Å². The van der Waals surface area contributed by atoms with E-state index < -0.39 is 5.97 Å². The Kier molecular flexibility index (Phi) is 6.89. The third-order valence-electron chi connectivity index (χ3n) is 5.96. The lowest BCUT2D eigenvalue weighted by molar-refractivity contribution is -0.137. The number of ether oxygens (including phenoxy) is 1. The van der Waals surface area contributed by atoms with Crippen molar-refractivity contribution in [3.8, 4) is 5.75 Å². The molecular weight excluding hydrogens is 466 g/mol. The van der Waals surface area contributed by atoms with E-state index in [2.05, 4.69) is 25.4 Å². The van der Waals surface area contributed by atoms with Crippen LogP contribution < -0.4 is 10.1 Å². The highest BCUT2D eigenvalue weighted by molar-refractivity contribution is 7.18. The number of anilines is 1. The second-order valence-electron chi connectivity index (χ2n) is 8.69. The third-order valence-corrected chi connectivity index (χ3v) is 6.91. The van der Waals surface area contributed by atoms with Crippen LogP contribution in [0.5, 0.6) is 5.75 Å². The van der Waals surface area contributed by atoms with Crippen LogP contribution in [0.15, 0.2) is 34.9 Å². The van der Waals surface area contributed by atoms with Gasteiger partial charge in [-0.05, 0) is 56.0 Å². The number of thiazole rings is 1. The van der Waals surface area contributed by atoms with E-state index in [1.807, 2.05) is 37.3 Å². The van der Waals surface area contributed by atoms with Gasteiger partial charge in [0.25, 0.3) is 0 Å². The van der Waals surface area contributed by atoms with Crippen LogP contribution in [0.25, 0.3) is 10.2 Å². The van der Waals surface area contributed by atoms with Crippen molar-refractivity contribution in [2.75, 3.05) is 18.5 Å². The molecule has 0 bridgehead atoms. The van der Waals surface area contributed by atoms with E-state index in [1.165, 1.54) is 0 Å². The van der Waals surface area contributed by atoms with Crippen molar-refractivity contribution in [3.05, 3.63) is 58.3 Å². The van der Waals surface area contributed by atoms with Gasteiger partial charge in [0.2, 0.25) is 5.89 Å². The summed E-state index contributed by atoms with van der Waals surface area (Å²) in [5.74, 6) is 1.54. The van der Waals surface area contributed by atoms with Crippen LogP contribution in [0, 0.1) is 6.92 Å². The van der Waals surface area contributed by atoms with Crippen molar-refractivity contribution < 1.29 is 19.2 Å². The molecule has 0 radical (unpaired) electrons. The molecule has 1 aromatic carbocycles. The quantitative estimate of drug-likeness (QED) is 0.345. The second-order valence-corrected chi connectivity index (χ2v) is 9.93. The van der Waals surface area contributed by atoms with Gasteiger partial charge >= 0.3 is 5.97 Å². The number of aliphatic carboxylic acids is 1. The molecule has 35 heavy (non-hydrogen) atoms. The monoisotopic (exact) mass is 493 g/mol. The predicted octanol–water partition coefficient (Wildman–Crippen LogP) is 4.55. The Morgan fingerprint density at radius 1 is 1.20 bits per heavy atom. The number of carbonyl (C=O) groups is 1. The lowest BCUT2D eigenvalue weighted by Crippen LogP contribution is -2.09. The van der Waals surface area contributed by atoms with E-state index in [0.29, 0.717) is 31.2 Å². The second kappa shape index (κ2) is 10.4. The number of aryl methyl sites for hydroxylation is 3. The standard InChI is InChI=1S/C25H27N5O4S/c1-15-27-19-12-16(6-9-21(19)35-15)17(14-24(31)32)13-23-29-22(30-34-23)5-2-4-18-7-8-20-25(28-18)26-10-3-11-33-20/h6-9,12,17H,2-5,10-11,13-14H2,1H3,(H,26,28)(H,31,32). The first-order valence-corrected chi connectivity index (χ1v) is 12.6. The number of rotatable bonds is 9. The maximum Gasteiger partial charge on any atom is 0.303 e. The van der Waals surface area contributed by atoms with E-state index in [0.717, 1.165) is 63.9 Å². The highest BCUT2D eigenvalue weighted by atomic mass is 32.1. The first-order chi connectivity index (χ1) is 17.0. The summed E-state index contributed by atoms with van der Waals surface area (Å²) in [6, 6.07) is 9.90. The van der Waals surface area contributed by atoms with Gasteiger partial charge in [0, 0.05) is 31.0 Å². The summed E-state index contributed by atoms with van der Waals surface area (Å²) in [6.45, 7) is 3.52. The molecular formula is C25H27N5O4S. The van der Waals surface area contributed by atoms with Gasteiger partial charge in [-0.2, -0.15) is 4.98 Å². The number of benzene rings is 1. The van der Waals surface area contributed by atoms with Crippen LogP contribution in [-0.2, 0) is 24.1 Å². The lowest BCUT2D eigenvalue weighted by Gasteiger charge is -2.13. The summed E-state index contributed by atoms with van der Waals surface area (Å²) in [7, 11) is 0. The van der Waals surface area contributed by atoms with Gasteiger partial charge in [-0.3, -0.25) is 4.79 Å². The Hall–Kier alpha value is -3.53. The summed E-state index contributed by atoms with van der Waals surface area (Å²) < 4.78 is 12.3. The number of nitrogens with one attached hydrogen (secondary N) is 1. The molecule has 4 heterocycles. The molecule has 1 atom stereocenters. The Morgan fingerprint density at radius 2 is 2.11 bits per heavy atom. The molecule has 0 amide bonds. The Bertz CT molecular complexity index is 1330. The van der Waals surface area contributed by atoms with Crippen molar-refractivity contribution >= 4 is 33.3 Å². The van der Waals surface area contributed by atoms with E-state index in [-0.39, 0.29) is 12.3 Å². The minimum absolute atomic E-state index is 0.0198. The molecule has 1 aliphatic rings. The van der Waals surface area contributed by atoms with Crippen molar-refractivity contribution in [2.24, 2.45) is 0 Å². The third kappa shape index (κ3) is 5.76. The Morgan fingerprint density at radius 3 is 3.00 bits per heavy atom. The fourth-order valence-electron chi connectivity index (χ4n) is 4.28. The van der Waals surface area contributed by atoms with Crippen LogP contribution >= 0.6 is 11.3 Å². The van der Waals surface area contributed by atoms with Crippen molar-refractivity contribution in [3.63, 3.8) is 0 Å². The molecule has 182 valence electrons. The van der Waals surface area contributed by atoms with Gasteiger partial charge in [-0.1, -0.05) is 11.2 Å². The normalized spacial score (nSPS) is 14.1. The smallest absolute Gasteiger partial charge is 0.303 e. The summed E-state index contributed by atoms with van der Waals surface area (Å²) in [5, 5.41) is 17.9. The van der Waals surface area contributed by atoms with E-state index >= 15 is 0 Å². The fourth-order valence-corrected chi connectivity index (χ4v) is 5.08. The summed E-state index contributed by atoms with van der Waals surface area (Å²) in [4.78, 5) is 25.3. The van der Waals surface area contributed by atoms with Crippen LogP contribution in [0.1, 0.15) is 53.2 Å². The summed E-state index contributed by atoms with van der Waals surface area (Å²) in [6.07, 6.45) is 3.57. The number of hydrogen-bond acceptors (Lipinski definition) is 9. The average molecular weight is 494 g/mol. The number of hydrogen-bond donors (Lipinski definition) is 2. The minimum Gasteiger partial charge on any atom is -0.490 e. The minimum atomic E-state index is -0.863. The number of nitrogens with zero attached hydrogens (tertiary/aromatic N) is 4. The number of aromatic nitrogens is 4. The van der Waals surface area contributed by atoms with Crippen LogP contribution in [0.3, 0.4) is 0 Å². The molecule has 10 heteroatoms. The Labute approximate surface area is 206 Å². The van der Waals surface area contributed by atoms with Gasteiger partial charge in [0.05, 0.1) is 28.3 Å². The maximum absolute atomic E-state index is 11.5. The first-order valence-electron chi connectivity index (χ1n) is 11.8. The van der Waals surface area contributed by atoms with Gasteiger partial charge in [-0.15, -0.1) is 11.3 Å². The molecule has 0 spiro atoms. The molecule has 1 unspecified atom stereocenters. The maximum atomic E-state index is 11.5. The van der Waals surface area contributed by atoms with E-state index in [1.54, 1.807) is 11.3 Å². The summed E-state index contributed by atoms with van der Waals surface area (Å²) in [5.41, 5.74) is 2.79. The zero-order valence-electron chi connectivity index (χ0n) is 19.5. The summed E-state index contributed by atoms with van der Waals surface area (Å²) >= 11 is 1.62. The first kappa shape index (κ1) is 23.2. The number of pyridine rings is 1. The molecule has 5 rings (SSSR count). The highest BCUT2D eigenvalue weighted by Gasteiger charge is 2.21. The fraction of sp³-hybridized carbons (Fsp3) is 0.400. The number of fused-ring (bicyclic) bond motifs is 2.